The molecule has 0 spiro atoms. The first kappa shape index (κ1) is 15.8. The molecule has 8 heteroatoms. The van der Waals surface area contributed by atoms with Crippen molar-refractivity contribution in [1.29, 1.82) is 0 Å². The van der Waals surface area contributed by atoms with Gasteiger partial charge in [0.1, 0.15) is 0 Å². The molecule has 3 heterocycles. The fraction of sp³-hybridized carbons (Fsp3) is 0.263. The van der Waals surface area contributed by atoms with Crippen LogP contribution in [0.5, 0.6) is 0 Å². The van der Waals surface area contributed by atoms with Crippen LogP contribution < -0.4 is 0 Å². The second kappa shape index (κ2) is 6.08. The second-order valence-electron chi connectivity index (χ2n) is 6.80. The van der Waals surface area contributed by atoms with E-state index >= 15 is 0 Å². The van der Waals surface area contributed by atoms with E-state index < -0.39 is 0 Å². The van der Waals surface area contributed by atoms with Crippen LogP contribution in [-0.2, 0) is 7.05 Å². The number of tetrazole rings is 1. The van der Waals surface area contributed by atoms with Gasteiger partial charge in [-0.2, -0.15) is 9.48 Å². The zero-order chi connectivity index (χ0) is 18.4. The van der Waals surface area contributed by atoms with Crippen LogP contribution in [0.25, 0.3) is 28.6 Å². The molecule has 0 aliphatic heterocycles. The van der Waals surface area contributed by atoms with Crippen molar-refractivity contribution in [3.8, 4) is 28.6 Å². The normalized spacial score (nSPS) is 13.9. The van der Waals surface area contributed by atoms with Crippen LogP contribution in [0, 0.1) is 6.92 Å². The Kier molecular flexibility index (Phi) is 3.56. The Morgan fingerprint density at radius 2 is 1.70 bits per heavy atom. The minimum absolute atomic E-state index is 0.470. The summed E-state index contributed by atoms with van der Waals surface area (Å²) in [5, 5.41) is 16.9. The number of hydrogen-bond donors (Lipinski definition) is 0. The molecule has 0 amide bonds. The van der Waals surface area contributed by atoms with Gasteiger partial charge in [-0.25, -0.2) is 9.97 Å². The summed E-state index contributed by atoms with van der Waals surface area (Å²) in [6.07, 6.45) is 2.31. The summed E-state index contributed by atoms with van der Waals surface area (Å²) < 4.78 is 1.84. The Balaban J connectivity index is 1.57. The number of benzene rings is 1. The number of rotatable bonds is 4. The molecule has 3 aromatic heterocycles. The molecule has 8 nitrogen and oxygen atoms in total. The number of pyridine rings is 1. The third-order valence-corrected chi connectivity index (χ3v) is 4.57. The number of nitrogens with zero attached hydrogens (tertiary/aromatic N) is 8. The van der Waals surface area contributed by atoms with E-state index in [-0.39, 0.29) is 0 Å². The molecule has 1 fully saturated rings. The summed E-state index contributed by atoms with van der Waals surface area (Å²) in [7, 11) is 1.75. The maximum Gasteiger partial charge on any atom is 0.204 e. The molecule has 0 saturated heterocycles. The smallest absolute Gasteiger partial charge is 0.204 e. The molecule has 4 aromatic rings. The van der Waals surface area contributed by atoms with Crippen LogP contribution >= 0.6 is 0 Å². The van der Waals surface area contributed by atoms with Gasteiger partial charge in [0.25, 0.3) is 0 Å². The maximum absolute atomic E-state index is 4.82. The fourth-order valence-electron chi connectivity index (χ4n) is 3.00. The van der Waals surface area contributed by atoms with Gasteiger partial charge in [0.2, 0.25) is 5.82 Å². The van der Waals surface area contributed by atoms with Gasteiger partial charge < -0.3 is 0 Å². The standard InChI is InChI=1S/C19H18N8/c1-12-4-3-5-16(20-12)27-19(21-17(24-27)13-6-7-13)15-10-8-14(9-11-15)18-22-25-26(2)23-18/h3-5,8-11,13H,6-7H2,1-2H3. The van der Waals surface area contributed by atoms with Crippen LogP contribution in [0.15, 0.2) is 42.5 Å². The molecule has 134 valence electrons. The quantitative estimate of drug-likeness (QED) is 0.557. The van der Waals surface area contributed by atoms with E-state index in [1.54, 1.807) is 7.05 Å². The average molecular weight is 358 g/mol. The van der Waals surface area contributed by atoms with Crippen molar-refractivity contribution in [3.05, 3.63) is 54.0 Å². The molecular weight excluding hydrogens is 340 g/mol. The molecular formula is C19H18N8. The lowest BCUT2D eigenvalue weighted by molar-refractivity contribution is 0.630. The zero-order valence-corrected chi connectivity index (χ0v) is 15.1. The van der Waals surface area contributed by atoms with Gasteiger partial charge in [-0.15, -0.1) is 15.3 Å². The van der Waals surface area contributed by atoms with E-state index in [0.717, 1.165) is 47.1 Å². The molecule has 1 aliphatic rings. The molecule has 5 rings (SSSR count). The molecule has 1 aromatic carbocycles. The maximum atomic E-state index is 4.82. The summed E-state index contributed by atoms with van der Waals surface area (Å²) in [6, 6.07) is 13.9. The van der Waals surface area contributed by atoms with Gasteiger partial charge >= 0.3 is 0 Å². The van der Waals surface area contributed by atoms with E-state index in [2.05, 4.69) is 20.4 Å². The molecule has 1 saturated carbocycles. The molecule has 0 bridgehead atoms. The Hall–Kier alpha value is -3.42. The van der Waals surface area contributed by atoms with Crippen LogP contribution in [0.1, 0.15) is 30.3 Å². The average Bonchev–Trinajstić information content (AvgIpc) is 3.28. The summed E-state index contributed by atoms with van der Waals surface area (Å²) in [6.45, 7) is 1.98. The van der Waals surface area contributed by atoms with Crippen LogP contribution in [0.3, 0.4) is 0 Å². The first-order valence-corrected chi connectivity index (χ1v) is 8.93. The number of aromatic nitrogens is 8. The zero-order valence-electron chi connectivity index (χ0n) is 15.1. The van der Waals surface area contributed by atoms with Crippen LogP contribution in [0.4, 0.5) is 0 Å². The number of hydrogen-bond acceptors (Lipinski definition) is 6. The number of aryl methyl sites for hydroxylation is 2. The third kappa shape index (κ3) is 2.99. The minimum atomic E-state index is 0.470. The SMILES string of the molecule is Cc1cccc(-n2nc(C3CC3)nc2-c2ccc(-c3nnn(C)n3)cc2)n1. The summed E-state index contributed by atoms with van der Waals surface area (Å²) in [4.78, 5) is 10.9. The van der Waals surface area contributed by atoms with Gasteiger partial charge in [-0.05, 0) is 37.1 Å². The van der Waals surface area contributed by atoms with Gasteiger partial charge in [-0.1, -0.05) is 30.3 Å². The Morgan fingerprint density at radius 1 is 0.926 bits per heavy atom. The third-order valence-electron chi connectivity index (χ3n) is 4.57. The highest BCUT2D eigenvalue weighted by Gasteiger charge is 2.29. The minimum Gasteiger partial charge on any atom is -0.234 e. The molecule has 27 heavy (non-hydrogen) atoms. The summed E-state index contributed by atoms with van der Waals surface area (Å²) in [5.74, 6) is 3.55. The lowest BCUT2D eigenvalue weighted by atomic mass is 10.1. The van der Waals surface area contributed by atoms with Crippen molar-refractivity contribution in [2.75, 3.05) is 0 Å². The van der Waals surface area contributed by atoms with Gasteiger partial charge in [0.05, 0.1) is 7.05 Å². The Labute approximate surface area is 155 Å². The lowest BCUT2D eigenvalue weighted by Gasteiger charge is -2.06. The molecule has 0 atom stereocenters. The fourth-order valence-corrected chi connectivity index (χ4v) is 3.00. The predicted octanol–water partition coefficient (Wildman–Crippen LogP) is 2.71. The Bertz CT molecular complexity index is 1100. The van der Waals surface area contributed by atoms with Crippen molar-refractivity contribution in [2.45, 2.75) is 25.7 Å². The van der Waals surface area contributed by atoms with Crippen molar-refractivity contribution in [2.24, 2.45) is 7.05 Å². The van der Waals surface area contributed by atoms with Gasteiger partial charge in [0, 0.05) is 22.7 Å². The van der Waals surface area contributed by atoms with Crippen molar-refractivity contribution < 1.29 is 0 Å². The van der Waals surface area contributed by atoms with E-state index in [1.165, 1.54) is 4.80 Å². The highest BCUT2D eigenvalue weighted by molar-refractivity contribution is 5.64. The Morgan fingerprint density at radius 3 is 2.37 bits per heavy atom. The highest BCUT2D eigenvalue weighted by atomic mass is 15.6. The van der Waals surface area contributed by atoms with Crippen molar-refractivity contribution in [3.63, 3.8) is 0 Å². The molecule has 1 aliphatic carbocycles. The predicted molar refractivity (Wildman–Crippen MR) is 99.1 cm³/mol. The van der Waals surface area contributed by atoms with E-state index in [0.29, 0.717) is 11.7 Å². The van der Waals surface area contributed by atoms with Gasteiger partial charge in [-0.3, -0.25) is 0 Å². The van der Waals surface area contributed by atoms with Crippen LogP contribution in [0.2, 0.25) is 0 Å². The first-order chi connectivity index (χ1) is 13.2. The molecule has 0 unspecified atom stereocenters. The topological polar surface area (TPSA) is 87.2 Å². The van der Waals surface area contributed by atoms with Crippen LogP contribution in [-0.4, -0.2) is 40.0 Å². The van der Waals surface area contributed by atoms with E-state index in [1.807, 2.05) is 54.1 Å². The first-order valence-electron chi connectivity index (χ1n) is 8.93. The summed E-state index contributed by atoms with van der Waals surface area (Å²) in [5.41, 5.74) is 2.84. The largest absolute Gasteiger partial charge is 0.234 e. The van der Waals surface area contributed by atoms with E-state index in [9.17, 15) is 0 Å². The second-order valence-corrected chi connectivity index (χ2v) is 6.80. The molecule has 0 N–H and O–H groups in total. The van der Waals surface area contributed by atoms with Crippen molar-refractivity contribution >= 4 is 0 Å². The summed E-state index contributed by atoms with van der Waals surface area (Å²) >= 11 is 0. The highest BCUT2D eigenvalue weighted by Crippen LogP contribution is 2.39. The van der Waals surface area contributed by atoms with E-state index in [4.69, 9.17) is 10.1 Å². The monoisotopic (exact) mass is 358 g/mol. The molecule has 0 radical (unpaired) electrons. The van der Waals surface area contributed by atoms with Crippen molar-refractivity contribution in [1.82, 2.24) is 40.0 Å². The lowest BCUT2D eigenvalue weighted by Crippen LogP contribution is -2.03. The van der Waals surface area contributed by atoms with Gasteiger partial charge in [0.15, 0.2) is 17.5 Å².